The highest BCUT2D eigenvalue weighted by Gasteiger charge is 2.30. The van der Waals surface area contributed by atoms with Gasteiger partial charge in [-0.25, -0.2) is 0 Å². The maximum atomic E-state index is 9.26. The molecule has 0 amide bonds. The zero-order chi connectivity index (χ0) is 12.8. The number of aryl methyl sites for hydroxylation is 1. The molecule has 0 atom stereocenters. The van der Waals surface area contributed by atoms with Crippen LogP contribution in [0.5, 0.6) is 0 Å². The zero-order valence-corrected chi connectivity index (χ0v) is 11.2. The lowest BCUT2D eigenvalue weighted by Crippen LogP contribution is -2.37. The van der Waals surface area contributed by atoms with Crippen LogP contribution in [0.3, 0.4) is 0 Å². The average molecular weight is 252 g/mol. The van der Waals surface area contributed by atoms with Gasteiger partial charge in [0.2, 0.25) is 0 Å². The number of rotatable bonds is 6. The number of aliphatic hydroxyl groups excluding tert-OH is 1. The second kappa shape index (κ2) is 6.29. The predicted molar refractivity (Wildman–Crippen MR) is 69.9 cm³/mol. The SMILES string of the molecule is Cn1nncc1CNCC1(CCO)CCCCC1. The van der Waals surface area contributed by atoms with E-state index in [9.17, 15) is 5.11 Å². The third kappa shape index (κ3) is 3.29. The van der Waals surface area contributed by atoms with Gasteiger partial charge in [-0.05, 0) is 24.7 Å². The average Bonchev–Trinajstić information content (AvgIpc) is 2.77. The van der Waals surface area contributed by atoms with Gasteiger partial charge in [0.1, 0.15) is 0 Å². The molecule has 1 fully saturated rings. The molecule has 102 valence electrons. The Hall–Kier alpha value is -0.940. The van der Waals surface area contributed by atoms with Gasteiger partial charge in [-0.3, -0.25) is 4.68 Å². The van der Waals surface area contributed by atoms with Crippen LogP contribution in [-0.4, -0.2) is 33.3 Å². The summed E-state index contributed by atoms with van der Waals surface area (Å²) in [6, 6.07) is 0. The van der Waals surface area contributed by atoms with E-state index in [-0.39, 0.29) is 0 Å². The third-order valence-corrected chi connectivity index (χ3v) is 4.17. The first-order valence-electron chi connectivity index (χ1n) is 6.91. The van der Waals surface area contributed by atoms with Crippen molar-refractivity contribution >= 4 is 0 Å². The molecule has 5 heteroatoms. The standard InChI is InChI=1S/C13H24N4O/c1-17-12(10-15-16-17)9-14-11-13(7-8-18)5-3-2-4-6-13/h10,14,18H,2-9,11H2,1H3. The quantitative estimate of drug-likeness (QED) is 0.799. The molecular weight excluding hydrogens is 228 g/mol. The lowest BCUT2D eigenvalue weighted by molar-refractivity contribution is 0.126. The van der Waals surface area contributed by atoms with Crippen LogP contribution in [0.4, 0.5) is 0 Å². The Morgan fingerprint density at radius 2 is 2.17 bits per heavy atom. The maximum absolute atomic E-state index is 9.26. The Morgan fingerprint density at radius 1 is 1.39 bits per heavy atom. The molecule has 2 N–H and O–H groups in total. The molecule has 1 aromatic rings. The molecule has 1 aliphatic carbocycles. The van der Waals surface area contributed by atoms with Crippen molar-refractivity contribution in [2.75, 3.05) is 13.2 Å². The Morgan fingerprint density at radius 3 is 2.78 bits per heavy atom. The van der Waals surface area contributed by atoms with E-state index in [1.807, 2.05) is 7.05 Å². The van der Waals surface area contributed by atoms with Gasteiger partial charge in [-0.1, -0.05) is 24.5 Å². The normalized spacial score (nSPS) is 19.0. The summed E-state index contributed by atoms with van der Waals surface area (Å²) in [5.41, 5.74) is 1.41. The fraction of sp³-hybridized carbons (Fsp3) is 0.846. The van der Waals surface area contributed by atoms with E-state index in [4.69, 9.17) is 0 Å². The molecule has 0 aromatic carbocycles. The predicted octanol–water partition coefficient (Wildman–Crippen LogP) is 1.24. The lowest BCUT2D eigenvalue weighted by atomic mass is 9.72. The van der Waals surface area contributed by atoms with Crippen LogP contribution in [0.15, 0.2) is 6.20 Å². The zero-order valence-electron chi connectivity index (χ0n) is 11.2. The Labute approximate surface area is 109 Å². The summed E-state index contributed by atoms with van der Waals surface area (Å²) in [5, 5.41) is 20.6. The molecule has 18 heavy (non-hydrogen) atoms. The highest BCUT2D eigenvalue weighted by Crippen LogP contribution is 2.38. The van der Waals surface area contributed by atoms with Crippen LogP contribution in [-0.2, 0) is 13.6 Å². The van der Waals surface area contributed by atoms with E-state index < -0.39 is 0 Å². The Bertz CT molecular complexity index is 352. The van der Waals surface area contributed by atoms with Crippen LogP contribution in [0, 0.1) is 5.41 Å². The minimum Gasteiger partial charge on any atom is -0.396 e. The summed E-state index contributed by atoms with van der Waals surface area (Å²) in [6.45, 7) is 2.09. The largest absolute Gasteiger partial charge is 0.396 e. The van der Waals surface area contributed by atoms with Crippen LogP contribution < -0.4 is 5.32 Å². The van der Waals surface area contributed by atoms with Crippen LogP contribution in [0.1, 0.15) is 44.2 Å². The summed E-state index contributed by atoms with van der Waals surface area (Å²) in [7, 11) is 1.91. The Balaban J connectivity index is 1.84. The number of aliphatic hydroxyl groups is 1. The van der Waals surface area contributed by atoms with Crippen LogP contribution in [0.2, 0.25) is 0 Å². The van der Waals surface area contributed by atoms with Crippen molar-refractivity contribution in [1.82, 2.24) is 20.3 Å². The third-order valence-electron chi connectivity index (χ3n) is 4.17. The molecule has 1 heterocycles. The lowest BCUT2D eigenvalue weighted by Gasteiger charge is -2.37. The van der Waals surface area contributed by atoms with Crippen molar-refractivity contribution < 1.29 is 5.11 Å². The molecule has 0 radical (unpaired) electrons. The van der Waals surface area contributed by atoms with Crippen molar-refractivity contribution in [3.63, 3.8) is 0 Å². The summed E-state index contributed by atoms with van der Waals surface area (Å²) in [4.78, 5) is 0. The topological polar surface area (TPSA) is 63.0 Å². The summed E-state index contributed by atoms with van der Waals surface area (Å²) in [6.07, 6.45) is 9.15. The molecule has 0 spiro atoms. The molecule has 2 rings (SSSR count). The van der Waals surface area contributed by atoms with E-state index in [1.165, 1.54) is 32.1 Å². The van der Waals surface area contributed by atoms with E-state index in [1.54, 1.807) is 10.9 Å². The Kier molecular flexibility index (Phi) is 4.72. The van der Waals surface area contributed by atoms with Gasteiger partial charge in [0.25, 0.3) is 0 Å². The summed E-state index contributed by atoms with van der Waals surface area (Å²) in [5.74, 6) is 0. The highest BCUT2D eigenvalue weighted by molar-refractivity contribution is 4.93. The fourth-order valence-electron chi connectivity index (χ4n) is 2.98. The molecule has 0 unspecified atom stereocenters. The van der Waals surface area contributed by atoms with Gasteiger partial charge >= 0.3 is 0 Å². The highest BCUT2D eigenvalue weighted by atomic mass is 16.3. The first-order chi connectivity index (χ1) is 8.76. The molecular formula is C13H24N4O. The first-order valence-corrected chi connectivity index (χ1v) is 6.91. The van der Waals surface area contributed by atoms with E-state index in [2.05, 4.69) is 15.6 Å². The van der Waals surface area contributed by atoms with Crippen molar-refractivity contribution in [3.8, 4) is 0 Å². The summed E-state index contributed by atoms with van der Waals surface area (Å²) < 4.78 is 1.80. The van der Waals surface area contributed by atoms with Crippen molar-refractivity contribution in [2.24, 2.45) is 12.5 Å². The molecule has 1 aromatic heterocycles. The van der Waals surface area contributed by atoms with Gasteiger partial charge in [0.05, 0.1) is 11.9 Å². The molecule has 1 aliphatic rings. The molecule has 0 saturated heterocycles. The van der Waals surface area contributed by atoms with Crippen molar-refractivity contribution in [3.05, 3.63) is 11.9 Å². The minimum absolute atomic E-state index is 0.301. The smallest absolute Gasteiger partial charge is 0.0738 e. The number of aromatic nitrogens is 3. The van der Waals surface area contributed by atoms with Crippen molar-refractivity contribution in [1.29, 1.82) is 0 Å². The van der Waals surface area contributed by atoms with E-state index >= 15 is 0 Å². The molecule has 5 nitrogen and oxygen atoms in total. The van der Waals surface area contributed by atoms with Gasteiger partial charge in [0.15, 0.2) is 0 Å². The molecule has 0 bridgehead atoms. The monoisotopic (exact) mass is 252 g/mol. The molecule has 0 aliphatic heterocycles. The summed E-state index contributed by atoms with van der Waals surface area (Å²) >= 11 is 0. The number of hydrogen-bond acceptors (Lipinski definition) is 4. The number of nitrogens with zero attached hydrogens (tertiary/aromatic N) is 3. The minimum atomic E-state index is 0.301. The van der Waals surface area contributed by atoms with Crippen LogP contribution in [0.25, 0.3) is 0 Å². The van der Waals surface area contributed by atoms with Gasteiger partial charge < -0.3 is 10.4 Å². The van der Waals surface area contributed by atoms with Gasteiger partial charge in [-0.2, -0.15) is 0 Å². The second-order valence-electron chi connectivity index (χ2n) is 5.49. The number of hydrogen-bond donors (Lipinski definition) is 2. The van der Waals surface area contributed by atoms with Crippen molar-refractivity contribution in [2.45, 2.75) is 45.1 Å². The maximum Gasteiger partial charge on any atom is 0.0738 e. The van der Waals surface area contributed by atoms with Gasteiger partial charge in [-0.15, -0.1) is 5.10 Å². The number of nitrogens with one attached hydrogen (secondary N) is 1. The molecule has 1 saturated carbocycles. The first kappa shape index (κ1) is 13.5. The van der Waals surface area contributed by atoms with Gasteiger partial charge in [0, 0.05) is 26.7 Å². The van der Waals surface area contributed by atoms with E-state index in [0.29, 0.717) is 12.0 Å². The van der Waals surface area contributed by atoms with Crippen LogP contribution >= 0.6 is 0 Å². The second-order valence-corrected chi connectivity index (χ2v) is 5.49. The van der Waals surface area contributed by atoms with E-state index in [0.717, 1.165) is 25.2 Å². The fourth-order valence-corrected chi connectivity index (χ4v) is 2.98.